The molecule has 1 atom stereocenters. The first-order valence-electron chi connectivity index (χ1n) is 3.93. The molecule has 0 aliphatic carbocycles. The third-order valence-electron chi connectivity index (χ3n) is 1.96. The van der Waals surface area contributed by atoms with Crippen molar-refractivity contribution in [2.45, 2.75) is 12.8 Å². The van der Waals surface area contributed by atoms with Gasteiger partial charge in [-0.2, -0.15) is 0 Å². The summed E-state index contributed by atoms with van der Waals surface area (Å²) in [4.78, 5) is 15.1. The summed E-state index contributed by atoms with van der Waals surface area (Å²) >= 11 is 0. The Labute approximate surface area is 71.6 Å². The van der Waals surface area contributed by atoms with Crippen molar-refractivity contribution in [1.29, 1.82) is 0 Å². The molecule has 1 aliphatic rings. The van der Waals surface area contributed by atoms with Crippen LogP contribution in [0.5, 0.6) is 0 Å². The topological polar surface area (TPSA) is 47.9 Å². The Morgan fingerprint density at radius 1 is 1.58 bits per heavy atom. The van der Waals surface area contributed by atoms with Crippen LogP contribution in [0.1, 0.15) is 12.8 Å². The second-order valence-corrected chi connectivity index (χ2v) is 2.70. The van der Waals surface area contributed by atoms with Crippen LogP contribution in [-0.2, 0) is 14.3 Å². The van der Waals surface area contributed by atoms with Gasteiger partial charge in [-0.05, 0) is 6.42 Å². The Hall–Kier alpha value is -1.06. The molecule has 1 heterocycles. The van der Waals surface area contributed by atoms with Crippen molar-refractivity contribution >= 4 is 11.9 Å². The fourth-order valence-corrected chi connectivity index (χ4v) is 1.21. The Morgan fingerprint density at radius 2 is 2.33 bits per heavy atom. The summed E-state index contributed by atoms with van der Waals surface area (Å²) in [5.74, 6) is 0.484. The summed E-state index contributed by atoms with van der Waals surface area (Å²) in [6.07, 6.45) is 1.51. The molecule has 1 aliphatic heterocycles. The molecule has 4 nitrogen and oxygen atoms in total. The average molecular weight is 171 g/mol. The largest absolute Gasteiger partial charge is 0.484 e. The lowest BCUT2D eigenvalue weighted by Crippen LogP contribution is -2.25. The summed E-state index contributed by atoms with van der Waals surface area (Å²) in [5.41, 5.74) is 0. The number of nitrogens with zero attached hydrogens (tertiary/aromatic N) is 1. The maximum atomic E-state index is 11.0. The van der Waals surface area contributed by atoms with Crippen molar-refractivity contribution in [2.75, 3.05) is 20.8 Å². The number of hydrogen-bond donors (Lipinski definition) is 0. The number of carbonyl (C=O) groups excluding carboxylic acids is 1. The van der Waals surface area contributed by atoms with Gasteiger partial charge in [0.2, 0.25) is 0 Å². The van der Waals surface area contributed by atoms with E-state index in [1.54, 1.807) is 7.11 Å². The molecule has 0 amide bonds. The average Bonchev–Trinajstić information content (AvgIpc) is 2.17. The van der Waals surface area contributed by atoms with Gasteiger partial charge >= 0.3 is 5.97 Å². The summed E-state index contributed by atoms with van der Waals surface area (Å²) in [5, 5.41) is 0. The molecule has 0 spiro atoms. The highest BCUT2D eigenvalue weighted by Gasteiger charge is 2.23. The van der Waals surface area contributed by atoms with Gasteiger partial charge in [-0.1, -0.05) is 0 Å². The smallest absolute Gasteiger partial charge is 0.310 e. The van der Waals surface area contributed by atoms with Crippen LogP contribution in [0.25, 0.3) is 0 Å². The number of hydrogen-bond acceptors (Lipinski definition) is 4. The molecule has 4 heteroatoms. The van der Waals surface area contributed by atoms with Crippen LogP contribution in [-0.4, -0.2) is 32.6 Å². The Morgan fingerprint density at radius 3 is 2.75 bits per heavy atom. The highest BCUT2D eigenvalue weighted by molar-refractivity contribution is 5.80. The van der Waals surface area contributed by atoms with E-state index in [1.165, 1.54) is 7.11 Å². The zero-order chi connectivity index (χ0) is 8.97. The molecule has 0 fully saturated rings. The molecule has 0 aromatic carbocycles. The van der Waals surface area contributed by atoms with Gasteiger partial charge < -0.3 is 9.47 Å². The van der Waals surface area contributed by atoms with E-state index in [0.717, 1.165) is 18.7 Å². The molecule has 0 saturated heterocycles. The molecule has 0 saturated carbocycles. The van der Waals surface area contributed by atoms with Gasteiger partial charge in [0.05, 0.1) is 26.7 Å². The molecule has 68 valence electrons. The molecular formula is C8H13NO3. The lowest BCUT2D eigenvalue weighted by atomic mass is 10.0. The van der Waals surface area contributed by atoms with Crippen LogP contribution in [0.3, 0.4) is 0 Å². The lowest BCUT2D eigenvalue weighted by Gasteiger charge is -2.17. The zero-order valence-corrected chi connectivity index (χ0v) is 7.37. The van der Waals surface area contributed by atoms with Gasteiger partial charge in [-0.25, -0.2) is 0 Å². The van der Waals surface area contributed by atoms with E-state index in [9.17, 15) is 4.79 Å². The zero-order valence-electron chi connectivity index (χ0n) is 7.37. The quantitative estimate of drug-likeness (QED) is 0.543. The molecule has 1 unspecified atom stereocenters. The van der Waals surface area contributed by atoms with Crippen LogP contribution in [0.4, 0.5) is 0 Å². The van der Waals surface area contributed by atoms with Gasteiger partial charge in [-0.15, -0.1) is 0 Å². The standard InChI is InChI=1S/C8H13NO3/c1-11-7-4-3-6(5-9-7)8(10)12-2/h6H,3-5H2,1-2H3. The fraction of sp³-hybridized carbons (Fsp3) is 0.750. The van der Waals surface area contributed by atoms with Gasteiger partial charge in [0.15, 0.2) is 5.90 Å². The second-order valence-electron chi connectivity index (χ2n) is 2.70. The summed E-state index contributed by atoms with van der Waals surface area (Å²) in [6, 6.07) is 0. The normalized spacial score (nSPS) is 22.8. The monoisotopic (exact) mass is 171 g/mol. The predicted octanol–water partition coefficient (Wildman–Crippen LogP) is 0.614. The number of aliphatic imine (C=N–C) groups is 1. The minimum absolute atomic E-state index is 0.0751. The minimum atomic E-state index is -0.172. The minimum Gasteiger partial charge on any atom is -0.484 e. The highest BCUT2D eigenvalue weighted by atomic mass is 16.5. The van der Waals surface area contributed by atoms with Crippen molar-refractivity contribution < 1.29 is 14.3 Å². The van der Waals surface area contributed by atoms with Crippen LogP contribution in [0.15, 0.2) is 4.99 Å². The Kier molecular flexibility index (Phi) is 3.08. The van der Waals surface area contributed by atoms with E-state index < -0.39 is 0 Å². The van der Waals surface area contributed by atoms with Crippen molar-refractivity contribution in [3.8, 4) is 0 Å². The number of methoxy groups -OCH3 is 2. The van der Waals surface area contributed by atoms with E-state index in [1.807, 2.05) is 0 Å². The molecular weight excluding hydrogens is 158 g/mol. The van der Waals surface area contributed by atoms with Crippen molar-refractivity contribution in [3.05, 3.63) is 0 Å². The van der Waals surface area contributed by atoms with Crippen LogP contribution in [0, 0.1) is 5.92 Å². The second kappa shape index (κ2) is 4.09. The van der Waals surface area contributed by atoms with Crippen molar-refractivity contribution in [3.63, 3.8) is 0 Å². The maximum Gasteiger partial charge on any atom is 0.310 e. The van der Waals surface area contributed by atoms with Gasteiger partial charge in [-0.3, -0.25) is 9.79 Å². The van der Waals surface area contributed by atoms with Crippen LogP contribution in [0.2, 0.25) is 0 Å². The number of rotatable bonds is 1. The highest BCUT2D eigenvalue weighted by Crippen LogP contribution is 2.15. The molecule has 0 radical (unpaired) electrons. The van der Waals surface area contributed by atoms with Gasteiger partial charge in [0.25, 0.3) is 0 Å². The van der Waals surface area contributed by atoms with E-state index in [-0.39, 0.29) is 11.9 Å². The molecule has 0 aromatic rings. The fourth-order valence-electron chi connectivity index (χ4n) is 1.21. The van der Waals surface area contributed by atoms with Gasteiger partial charge in [0.1, 0.15) is 0 Å². The maximum absolute atomic E-state index is 11.0. The van der Waals surface area contributed by atoms with Gasteiger partial charge in [0, 0.05) is 6.42 Å². The van der Waals surface area contributed by atoms with Crippen molar-refractivity contribution in [1.82, 2.24) is 0 Å². The first-order valence-corrected chi connectivity index (χ1v) is 3.93. The number of carbonyl (C=O) groups is 1. The number of esters is 1. The predicted molar refractivity (Wildman–Crippen MR) is 44.1 cm³/mol. The van der Waals surface area contributed by atoms with Crippen LogP contribution < -0.4 is 0 Å². The molecule has 0 bridgehead atoms. The SMILES string of the molecule is COC(=O)C1CCC(OC)=NC1. The van der Waals surface area contributed by atoms with E-state index >= 15 is 0 Å². The first-order chi connectivity index (χ1) is 5.77. The first kappa shape index (κ1) is 9.03. The summed E-state index contributed by atoms with van der Waals surface area (Å²) < 4.78 is 9.56. The molecule has 1 rings (SSSR count). The lowest BCUT2D eigenvalue weighted by molar-refractivity contribution is -0.145. The Balaban J connectivity index is 2.46. The third-order valence-corrected chi connectivity index (χ3v) is 1.96. The van der Waals surface area contributed by atoms with E-state index in [2.05, 4.69) is 9.73 Å². The Bertz CT molecular complexity index is 200. The molecule has 12 heavy (non-hydrogen) atoms. The molecule has 0 aromatic heterocycles. The molecule has 0 N–H and O–H groups in total. The number of ether oxygens (including phenoxy) is 2. The van der Waals surface area contributed by atoms with Crippen molar-refractivity contribution in [2.24, 2.45) is 10.9 Å². The third kappa shape index (κ3) is 1.96. The summed E-state index contributed by atoms with van der Waals surface area (Å²) in [6.45, 7) is 0.496. The van der Waals surface area contributed by atoms with E-state index in [4.69, 9.17) is 4.74 Å². The van der Waals surface area contributed by atoms with Crippen LogP contribution >= 0.6 is 0 Å². The van der Waals surface area contributed by atoms with E-state index in [0.29, 0.717) is 6.54 Å². The summed E-state index contributed by atoms with van der Waals surface area (Å²) in [7, 11) is 3.00.